The van der Waals surface area contributed by atoms with Crippen molar-refractivity contribution < 1.29 is 4.74 Å². The Hall–Kier alpha value is -1.49. The first-order valence-electron chi connectivity index (χ1n) is 6.46. The van der Waals surface area contributed by atoms with Gasteiger partial charge in [0.2, 0.25) is 0 Å². The first-order chi connectivity index (χ1) is 9.35. The molecular weight excluding hydrogens is 258 g/mol. The largest absolute Gasteiger partial charge is 0.497 e. The number of ether oxygens (including phenoxy) is 1. The van der Waals surface area contributed by atoms with Crippen LogP contribution in [0, 0.1) is 0 Å². The normalized spacial score (nSPS) is 18.1. The first kappa shape index (κ1) is 12.5. The molecule has 1 aromatic carbocycles. The first-order valence-corrected chi connectivity index (χ1v) is 7.51. The molecule has 0 N–H and O–H groups in total. The van der Waals surface area contributed by atoms with Crippen molar-refractivity contribution in [1.82, 2.24) is 14.8 Å². The van der Waals surface area contributed by atoms with E-state index in [1.807, 2.05) is 30.2 Å². The zero-order valence-corrected chi connectivity index (χ0v) is 11.8. The van der Waals surface area contributed by atoms with Crippen molar-refractivity contribution in [2.45, 2.75) is 30.4 Å². The summed E-state index contributed by atoms with van der Waals surface area (Å²) in [5.41, 5.74) is 1.35. The number of fused-ring (bicyclic) bond motifs is 1. The molecule has 2 heterocycles. The highest BCUT2D eigenvalue weighted by molar-refractivity contribution is 7.99. The van der Waals surface area contributed by atoms with E-state index in [4.69, 9.17) is 4.74 Å². The molecule has 1 atom stereocenters. The van der Waals surface area contributed by atoms with E-state index in [2.05, 4.69) is 26.9 Å². The molecule has 0 aliphatic carbocycles. The van der Waals surface area contributed by atoms with Crippen molar-refractivity contribution in [1.29, 1.82) is 0 Å². The summed E-state index contributed by atoms with van der Waals surface area (Å²) in [5.74, 6) is 3.08. The number of hydrogen-bond donors (Lipinski definition) is 0. The second kappa shape index (κ2) is 5.65. The second-order valence-electron chi connectivity index (χ2n) is 4.71. The lowest BCUT2D eigenvalue weighted by molar-refractivity contribution is 0.414. The van der Waals surface area contributed by atoms with Gasteiger partial charge in [-0.15, -0.1) is 10.2 Å². The third-order valence-electron chi connectivity index (χ3n) is 3.44. The zero-order chi connectivity index (χ0) is 13.1. The van der Waals surface area contributed by atoms with Crippen LogP contribution in [0.3, 0.4) is 0 Å². The minimum absolute atomic E-state index is 0.652. The highest BCUT2D eigenvalue weighted by atomic mass is 32.2. The van der Waals surface area contributed by atoms with Gasteiger partial charge >= 0.3 is 0 Å². The minimum Gasteiger partial charge on any atom is -0.497 e. The lowest BCUT2D eigenvalue weighted by atomic mass is 10.1. The predicted octanol–water partition coefficient (Wildman–Crippen LogP) is 2.53. The van der Waals surface area contributed by atoms with Crippen molar-refractivity contribution in [2.75, 3.05) is 7.11 Å². The average Bonchev–Trinajstić information content (AvgIpc) is 2.93. The van der Waals surface area contributed by atoms with Gasteiger partial charge in [-0.05, 0) is 24.1 Å². The number of nitrogens with zero attached hydrogens (tertiary/aromatic N) is 3. The summed E-state index contributed by atoms with van der Waals surface area (Å²) in [6.07, 6.45) is 4.06. The summed E-state index contributed by atoms with van der Waals surface area (Å²) in [5, 5.41) is 8.78. The SMILES string of the molecule is COc1ccc(CSC2CCn3cnnc3C2)cc1. The number of aromatic nitrogens is 3. The number of thioether (sulfide) groups is 1. The van der Waals surface area contributed by atoms with Crippen LogP contribution in [-0.2, 0) is 18.7 Å². The van der Waals surface area contributed by atoms with E-state index in [0.29, 0.717) is 5.25 Å². The molecule has 0 bridgehead atoms. The molecular formula is C14H17N3OS. The molecule has 1 aromatic heterocycles. The summed E-state index contributed by atoms with van der Waals surface area (Å²) in [7, 11) is 1.70. The summed E-state index contributed by atoms with van der Waals surface area (Å²) in [4.78, 5) is 0. The van der Waals surface area contributed by atoms with Gasteiger partial charge in [0.15, 0.2) is 0 Å². The van der Waals surface area contributed by atoms with Crippen LogP contribution < -0.4 is 4.74 Å². The Morgan fingerprint density at radius 2 is 2.21 bits per heavy atom. The molecule has 1 aliphatic rings. The molecule has 5 heteroatoms. The topological polar surface area (TPSA) is 39.9 Å². The molecule has 0 amide bonds. The fraction of sp³-hybridized carbons (Fsp3) is 0.429. The monoisotopic (exact) mass is 275 g/mol. The molecule has 100 valence electrons. The van der Waals surface area contributed by atoms with Crippen molar-refractivity contribution in [3.8, 4) is 5.75 Å². The Balaban J connectivity index is 1.55. The number of benzene rings is 1. The molecule has 1 aliphatic heterocycles. The Kier molecular flexibility index (Phi) is 3.73. The van der Waals surface area contributed by atoms with Gasteiger partial charge in [0, 0.05) is 24.0 Å². The van der Waals surface area contributed by atoms with Crippen LogP contribution in [0.25, 0.3) is 0 Å². The predicted molar refractivity (Wildman–Crippen MR) is 76.4 cm³/mol. The fourth-order valence-corrected chi connectivity index (χ4v) is 3.45. The van der Waals surface area contributed by atoms with E-state index in [1.54, 1.807) is 7.11 Å². The maximum absolute atomic E-state index is 5.17. The third-order valence-corrected chi connectivity index (χ3v) is 4.82. The van der Waals surface area contributed by atoms with Gasteiger partial charge in [-0.3, -0.25) is 0 Å². The van der Waals surface area contributed by atoms with Crippen LogP contribution in [0.5, 0.6) is 5.75 Å². The van der Waals surface area contributed by atoms with Crippen molar-refractivity contribution in [3.05, 3.63) is 42.0 Å². The van der Waals surface area contributed by atoms with Crippen LogP contribution in [0.1, 0.15) is 17.8 Å². The number of methoxy groups -OCH3 is 1. The van der Waals surface area contributed by atoms with Crippen LogP contribution >= 0.6 is 11.8 Å². The maximum Gasteiger partial charge on any atom is 0.133 e. The maximum atomic E-state index is 5.17. The molecule has 2 aromatic rings. The van der Waals surface area contributed by atoms with Gasteiger partial charge in [-0.25, -0.2) is 0 Å². The number of rotatable bonds is 4. The van der Waals surface area contributed by atoms with Gasteiger partial charge in [0.1, 0.15) is 17.9 Å². The quantitative estimate of drug-likeness (QED) is 0.859. The van der Waals surface area contributed by atoms with E-state index < -0.39 is 0 Å². The Bertz CT molecular complexity index is 538. The minimum atomic E-state index is 0.652. The van der Waals surface area contributed by atoms with Gasteiger partial charge < -0.3 is 9.30 Å². The Morgan fingerprint density at radius 3 is 3.00 bits per heavy atom. The van der Waals surface area contributed by atoms with Gasteiger partial charge in [0.25, 0.3) is 0 Å². The summed E-state index contributed by atoms with van der Waals surface area (Å²) < 4.78 is 7.33. The van der Waals surface area contributed by atoms with Crippen LogP contribution in [0.2, 0.25) is 0 Å². The summed E-state index contributed by atoms with van der Waals surface area (Å²) >= 11 is 2.01. The summed E-state index contributed by atoms with van der Waals surface area (Å²) in [6, 6.07) is 8.31. The second-order valence-corrected chi connectivity index (χ2v) is 6.00. The Morgan fingerprint density at radius 1 is 1.37 bits per heavy atom. The van der Waals surface area contributed by atoms with E-state index in [9.17, 15) is 0 Å². The smallest absolute Gasteiger partial charge is 0.133 e. The molecule has 4 nitrogen and oxygen atoms in total. The number of hydrogen-bond acceptors (Lipinski definition) is 4. The lowest BCUT2D eigenvalue weighted by Gasteiger charge is -2.22. The van der Waals surface area contributed by atoms with Crippen LogP contribution in [-0.4, -0.2) is 27.1 Å². The molecule has 0 saturated carbocycles. The van der Waals surface area contributed by atoms with Gasteiger partial charge in [-0.1, -0.05) is 12.1 Å². The highest BCUT2D eigenvalue weighted by Crippen LogP contribution is 2.27. The molecule has 0 radical (unpaired) electrons. The molecule has 3 rings (SSSR count). The van der Waals surface area contributed by atoms with Gasteiger partial charge in [0.05, 0.1) is 7.11 Å². The van der Waals surface area contributed by atoms with E-state index >= 15 is 0 Å². The number of aryl methyl sites for hydroxylation is 1. The fourth-order valence-electron chi connectivity index (χ4n) is 2.29. The van der Waals surface area contributed by atoms with Crippen molar-refractivity contribution >= 4 is 11.8 Å². The standard InChI is InChI=1S/C14H17N3OS/c1-18-12-4-2-11(3-5-12)9-19-13-6-7-17-10-15-16-14(17)8-13/h2-5,10,13H,6-9H2,1H3. The van der Waals surface area contributed by atoms with E-state index in [1.165, 1.54) is 12.0 Å². The van der Waals surface area contributed by atoms with E-state index in [0.717, 1.165) is 30.3 Å². The lowest BCUT2D eigenvalue weighted by Crippen LogP contribution is -2.21. The van der Waals surface area contributed by atoms with Crippen LogP contribution in [0.4, 0.5) is 0 Å². The molecule has 19 heavy (non-hydrogen) atoms. The third kappa shape index (κ3) is 2.92. The Labute approximate surface area is 117 Å². The molecule has 0 saturated heterocycles. The van der Waals surface area contributed by atoms with Crippen molar-refractivity contribution in [2.24, 2.45) is 0 Å². The average molecular weight is 275 g/mol. The van der Waals surface area contributed by atoms with Crippen LogP contribution in [0.15, 0.2) is 30.6 Å². The van der Waals surface area contributed by atoms with Gasteiger partial charge in [-0.2, -0.15) is 11.8 Å². The van der Waals surface area contributed by atoms with Crippen molar-refractivity contribution in [3.63, 3.8) is 0 Å². The highest BCUT2D eigenvalue weighted by Gasteiger charge is 2.19. The van der Waals surface area contributed by atoms with E-state index in [-0.39, 0.29) is 0 Å². The summed E-state index contributed by atoms with van der Waals surface area (Å²) in [6.45, 7) is 1.04. The molecule has 0 spiro atoms. The molecule has 0 fully saturated rings. The zero-order valence-electron chi connectivity index (χ0n) is 11.0. The molecule has 1 unspecified atom stereocenters.